The molecule has 4 rings (SSSR count). The maximum absolute atomic E-state index is 5.53. The smallest absolute Gasteiger partial charge is 0.134 e. The third-order valence-corrected chi connectivity index (χ3v) is 3.19. The zero-order chi connectivity index (χ0) is 11.9. The Labute approximate surface area is 103 Å². The second-order valence-corrected chi connectivity index (χ2v) is 4.23. The molecular weight excluding hydrogens is 224 g/mol. The van der Waals surface area contributed by atoms with Gasteiger partial charge in [-0.05, 0) is 36.4 Å². The number of nitrogens with zero attached hydrogens (tertiary/aromatic N) is 1. The average molecular weight is 234 g/mol. The van der Waals surface area contributed by atoms with Crippen LogP contribution in [0.5, 0.6) is 0 Å². The largest absolute Gasteiger partial charge is 0.464 e. The Balaban J connectivity index is 2.24. The fraction of sp³-hybridized carbons (Fsp3) is 0. The number of nitrogens with one attached hydrogen (secondary N) is 1. The molecule has 3 nitrogen and oxygen atoms in total. The van der Waals surface area contributed by atoms with Gasteiger partial charge in [-0.2, -0.15) is 0 Å². The van der Waals surface area contributed by atoms with E-state index in [-0.39, 0.29) is 0 Å². The lowest BCUT2D eigenvalue weighted by Gasteiger charge is -1.99. The Bertz CT molecular complexity index is 812. The monoisotopic (exact) mass is 234 g/mol. The summed E-state index contributed by atoms with van der Waals surface area (Å²) in [6, 6.07) is 7.95. The van der Waals surface area contributed by atoms with Crippen LogP contribution in [0.25, 0.3) is 34.0 Å². The summed E-state index contributed by atoms with van der Waals surface area (Å²) in [4.78, 5) is 4.64. The van der Waals surface area contributed by atoms with E-state index in [1.165, 1.54) is 0 Å². The fourth-order valence-electron chi connectivity index (χ4n) is 2.41. The minimum atomic E-state index is 0.884. The van der Waals surface area contributed by atoms with Gasteiger partial charge >= 0.3 is 0 Å². The van der Waals surface area contributed by atoms with Gasteiger partial charge in [0, 0.05) is 28.7 Å². The molecule has 0 aliphatic carbocycles. The van der Waals surface area contributed by atoms with Crippen LogP contribution in [-0.4, -0.2) is 4.98 Å². The molecule has 86 valence electrons. The number of aromatic nitrogens is 1. The molecule has 18 heavy (non-hydrogen) atoms. The number of benzene rings is 1. The van der Waals surface area contributed by atoms with Crippen LogP contribution >= 0.6 is 0 Å². The summed E-state index contributed by atoms with van der Waals surface area (Å²) in [6.07, 6.45) is 9.54. The predicted molar refractivity (Wildman–Crippen MR) is 72.7 cm³/mol. The Morgan fingerprint density at radius 2 is 2.00 bits per heavy atom. The molecule has 1 aliphatic rings. The SMILES string of the molecule is C1=Cc2nc3ccc4occcc4c3c2C=CN1. The molecule has 3 aromatic rings. The van der Waals surface area contributed by atoms with E-state index in [4.69, 9.17) is 4.42 Å². The number of rotatable bonds is 0. The first-order valence-electron chi connectivity index (χ1n) is 5.82. The van der Waals surface area contributed by atoms with Crippen molar-refractivity contribution in [1.29, 1.82) is 0 Å². The molecule has 2 aromatic heterocycles. The van der Waals surface area contributed by atoms with Gasteiger partial charge in [-0.1, -0.05) is 0 Å². The summed E-state index contributed by atoms with van der Waals surface area (Å²) in [6.45, 7) is 0. The standard InChI is InChI=1S/C15H10N2O/c1-2-11-14(18-9-1)4-3-13-15(11)10-5-7-16-8-6-12(10)17-13/h1-9,16H. The van der Waals surface area contributed by atoms with Gasteiger partial charge in [-0.3, -0.25) is 0 Å². The molecule has 1 N–H and O–H groups in total. The minimum absolute atomic E-state index is 0.884. The van der Waals surface area contributed by atoms with E-state index in [0.717, 1.165) is 33.1 Å². The third kappa shape index (κ3) is 1.21. The van der Waals surface area contributed by atoms with Crippen LogP contribution in [0.15, 0.2) is 47.3 Å². The highest BCUT2D eigenvalue weighted by atomic mass is 16.3. The summed E-state index contributed by atoms with van der Waals surface area (Å²) in [5.74, 6) is 0. The molecule has 0 radical (unpaired) electrons. The molecular formula is C15H10N2O. The van der Waals surface area contributed by atoms with Crippen molar-refractivity contribution in [1.82, 2.24) is 10.3 Å². The molecule has 0 saturated heterocycles. The van der Waals surface area contributed by atoms with E-state index in [1.807, 2.05) is 36.7 Å². The molecule has 0 spiro atoms. The third-order valence-electron chi connectivity index (χ3n) is 3.19. The van der Waals surface area contributed by atoms with Crippen molar-refractivity contribution in [3.8, 4) is 0 Å². The van der Waals surface area contributed by atoms with Crippen molar-refractivity contribution in [3.05, 3.63) is 54.2 Å². The molecule has 0 unspecified atom stereocenters. The normalized spacial score (nSPS) is 13.6. The molecule has 3 heterocycles. The predicted octanol–water partition coefficient (Wildman–Crippen LogP) is 3.53. The van der Waals surface area contributed by atoms with Crippen LogP contribution in [-0.2, 0) is 0 Å². The number of hydrogen-bond donors (Lipinski definition) is 1. The van der Waals surface area contributed by atoms with Crippen molar-refractivity contribution in [2.75, 3.05) is 0 Å². The molecule has 0 saturated carbocycles. The molecule has 1 aliphatic heterocycles. The quantitative estimate of drug-likeness (QED) is 0.646. The molecule has 0 amide bonds. The van der Waals surface area contributed by atoms with Crippen molar-refractivity contribution in [2.45, 2.75) is 0 Å². The summed E-state index contributed by atoms with van der Waals surface area (Å²) in [5, 5.41) is 5.32. The van der Waals surface area contributed by atoms with E-state index in [1.54, 1.807) is 6.26 Å². The first kappa shape index (κ1) is 9.48. The lowest BCUT2D eigenvalue weighted by atomic mass is 10.1. The maximum Gasteiger partial charge on any atom is 0.134 e. The summed E-state index contributed by atoms with van der Waals surface area (Å²) in [7, 11) is 0. The Morgan fingerprint density at radius 3 is 3.00 bits per heavy atom. The Hall–Kier alpha value is -2.55. The van der Waals surface area contributed by atoms with Crippen LogP contribution in [0.3, 0.4) is 0 Å². The maximum atomic E-state index is 5.53. The molecule has 1 aromatic carbocycles. The summed E-state index contributed by atoms with van der Waals surface area (Å²) < 4.78 is 5.53. The van der Waals surface area contributed by atoms with Crippen LogP contribution in [0, 0.1) is 0 Å². The molecule has 0 atom stereocenters. The first-order chi connectivity index (χ1) is 8.93. The van der Waals surface area contributed by atoms with E-state index in [2.05, 4.69) is 22.4 Å². The van der Waals surface area contributed by atoms with Gasteiger partial charge in [0.25, 0.3) is 0 Å². The van der Waals surface area contributed by atoms with Crippen molar-refractivity contribution in [3.63, 3.8) is 0 Å². The van der Waals surface area contributed by atoms with Gasteiger partial charge in [-0.15, -0.1) is 0 Å². The zero-order valence-electron chi connectivity index (χ0n) is 9.55. The molecule has 3 heteroatoms. The topological polar surface area (TPSA) is 38.1 Å². The highest BCUT2D eigenvalue weighted by molar-refractivity contribution is 6.10. The van der Waals surface area contributed by atoms with E-state index < -0.39 is 0 Å². The van der Waals surface area contributed by atoms with Gasteiger partial charge in [0.05, 0.1) is 17.5 Å². The van der Waals surface area contributed by atoms with Crippen molar-refractivity contribution in [2.24, 2.45) is 0 Å². The molecule has 0 fully saturated rings. The van der Waals surface area contributed by atoms with E-state index in [9.17, 15) is 0 Å². The van der Waals surface area contributed by atoms with Gasteiger partial charge in [0.15, 0.2) is 0 Å². The fourth-order valence-corrected chi connectivity index (χ4v) is 2.41. The number of hydrogen-bond acceptors (Lipinski definition) is 3. The van der Waals surface area contributed by atoms with Crippen molar-refractivity contribution < 1.29 is 4.42 Å². The van der Waals surface area contributed by atoms with Crippen LogP contribution in [0.4, 0.5) is 0 Å². The zero-order valence-corrected chi connectivity index (χ0v) is 9.55. The highest BCUT2D eigenvalue weighted by Crippen LogP contribution is 2.32. The van der Waals surface area contributed by atoms with Crippen LogP contribution in [0.2, 0.25) is 0 Å². The second kappa shape index (κ2) is 3.47. The van der Waals surface area contributed by atoms with E-state index in [0.29, 0.717) is 0 Å². The lowest BCUT2D eigenvalue weighted by Crippen LogP contribution is -1.87. The minimum Gasteiger partial charge on any atom is -0.464 e. The van der Waals surface area contributed by atoms with Gasteiger partial charge in [-0.25, -0.2) is 4.98 Å². The molecule has 0 bridgehead atoms. The van der Waals surface area contributed by atoms with Crippen molar-refractivity contribution >= 4 is 34.0 Å². The highest BCUT2D eigenvalue weighted by Gasteiger charge is 2.13. The Morgan fingerprint density at radius 1 is 1.06 bits per heavy atom. The summed E-state index contributed by atoms with van der Waals surface area (Å²) >= 11 is 0. The van der Waals surface area contributed by atoms with Gasteiger partial charge in [0.1, 0.15) is 5.58 Å². The van der Waals surface area contributed by atoms with E-state index >= 15 is 0 Å². The average Bonchev–Trinajstić information content (AvgIpc) is 2.61. The summed E-state index contributed by atoms with van der Waals surface area (Å²) in [5.41, 5.74) is 4.01. The van der Waals surface area contributed by atoms with Gasteiger partial charge < -0.3 is 9.73 Å². The van der Waals surface area contributed by atoms with Gasteiger partial charge in [0.2, 0.25) is 0 Å². The lowest BCUT2D eigenvalue weighted by molar-refractivity contribution is 0.604. The second-order valence-electron chi connectivity index (χ2n) is 4.23. The first-order valence-corrected chi connectivity index (χ1v) is 5.82. The number of fused-ring (bicyclic) bond motifs is 5. The van der Waals surface area contributed by atoms with Crippen LogP contribution in [0.1, 0.15) is 11.3 Å². The van der Waals surface area contributed by atoms with Crippen LogP contribution < -0.4 is 5.32 Å². The Kier molecular flexibility index (Phi) is 1.83.